The summed E-state index contributed by atoms with van der Waals surface area (Å²) in [7, 11) is 0. The number of ether oxygens (including phenoxy) is 1. The van der Waals surface area contributed by atoms with Crippen LogP contribution in [0.25, 0.3) is 0 Å². The highest BCUT2D eigenvalue weighted by atomic mass is 16.5. The van der Waals surface area contributed by atoms with E-state index in [1.165, 1.54) is 0 Å². The number of aliphatic imine (C=N–C) groups is 1. The predicted molar refractivity (Wildman–Crippen MR) is 91.1 cm³/mol. The number of guanidine groups is 1. The van der Waals surface area contributed by atoms with Crippen molar-refractivity contribution in [2.75, 3.05) is 32.8 Å². The molecule has 1 aromatic heterocycles. The van der Waals surface area contributed by atoms with Crippen molar-refractivity contribution in [1.29, 1.82) is 0 Å². The van der Waals surface area contributed by atoms with E-state index in [1.807, 2.05) is 12.5 Å². The first-order valence-electron chi connectivity index (χ1n) is 8.28. The molecule has 0 bridgehead atoms. The number of nitrogens with one attached hydrogen (secondary N) is 2. The summed E-state index contributed by atoms with van der Waals surface area (Å²) in [5.74, 6) is 1.56. The van der Waals surface area contributed by atoms with E-state index in [9.17, 15) is 0 Å². The Kier molecular flexibility index (Phi) is 10.1. The molecule has 0 aliphatic rings. The van der Waals surface area contributed by atoms with E-state index in [0.29, 0.717) is 12.5 Å². The first-order chi connectivity index (χ1) is 10.7. The molecule has 0 unspecified atom stereocenters. The Labute approximate surface area is 134 Å². The second kappa shape index (κ2) is 12.0. The molecule has 0 amide bonds. The van der Waals surface area contributed by atoms with Gasteiger partial charge in [-0.1, -0.05) is 13.8 Å². The van der Waals surface area contributed by atoms with E-state index in [2.05, 4.69) is 45.9 Å². The summed E-state index contributed by atoms with van der Waals surface area (Å²) >= 11 is 0. The Morgan fingerprint density at radius 1 is 1.32 bits per heavy atom. The molecule has 1 aromatic rings. The van der Waals surface area contributed by atoms with Gasteiger partial charge in [-0.2, -0.15) is 0 Å². The maximum absolute atomic E-state index is 5.59. The summed E-state index contributed by atoms with van der Waals surface area (Å²) in [6, 6.07) is 0. The molecular formula is C16H31N5O. The van der Waals surface area contributed by atoms with Crippen molar-refractivity contribution >= 4 is 5.96 Å². The van der Waals surface area contributed by atoms with Crippen LogP contribution in [0.15, 0.2) is 23.7 Å². The second-order valence-corrected chi connectivity index (χ2v) is 5.64. The second-order valence-electron chi connectivity index (χ2n) is 5.64. The molecule has 2 N–H and O–H groups in total. The SMILES string of the molecule is CCNC(=NCCCn1ccnc1)NCCOCCC(C)C. The van der Waals surface area contributed by atoms with Crippen LogP contribution in [0.2, 0.25) is 0 Å². The monoisotopic (exact) mass is 309 g/mol. The van der Waals surface area contributed by atoms with Crippen LogP contribution < -0.4 is 10.6 Å². The van der Waals surface area contributed by atoms with E-state index in [-0.39, 0.29) is 0 Å². The molecule has 0 atom stereocenters. The molecule has 0 spiro atoms. The third kappa shape index (κ3) is 9.39. The highest BCUT2D eigenvalue weighted by Crippen LogP contribution is 1.98. The van der Waals surface area contributed by atoms with Crippen LogP contribution in [-0.4, -0.2) is 48.4 Å². The first kappa shape index (κ1) is 18.5. The largest absolute Gasteiger partial charge is 0.380 e. The molecule has 0 aliphatic carbocycles. The van der Waals surface area contributed by atoms with Gasteiger partial charge in [0.15, 0.2) is 5.96 Å². The van der Waals surface area contributed by atoms with Gasteiger partial charge in [0.1, 0.15) is 0 Å². The Balaban J connectivity index is 2.12. The normalized spacial score (nSPS) is 11.9. The standard InChI is InChI=1S/C16H31N5O/c1-4-18-16(20-9-13-22-12-6-15(2)3)19-7-5-10-21-11-8-17-14-21/h8,11,14-15H,4-7,9-10,12-13H2,1-3H3,(H2,18,19,20). The van der Waals surface area contributed by atoms with Crippen molar-refractivity contribution in [1.82, 2.24) is 20.2 Å². The van der Waals surface area contributed by atoms with Crippen molar-refractivity contribution in [2.45, 2.75) is 40.2 Å². The van der Waals surface area contributed by atoms with Crippen molar-refractivity contribution < 1.29 is 4.74 Å². The molecule has 1 rings (SSSR count). The third-order valence-electron chi connectivity index (χ3n) is 3.13. The molecule has 0 saturated carbocycles. The maximum Gasteiger partial charge on any atom is 0.191 e. The third-order valence-corrected chi connectivity index (χ3v) is 3.13. The van der Waals surface area contributed by atoms with E-state index >= 15 is 0 Å². The highest BCUT2D eigenvalue weighted by molar-refractivity contribution is 5.79. The number of hydrogen-bond donors (Lipinski definition) is 2. The van der Waals surface area contributed by atoms with Crippen molar-refractivity contribution in [3.05, 3.63) is 18.7 Å². The van der Waals surface area contributed by atoms with E-state index in [0.717, 1.165) is 51.6 Å². The van der Waals surface area contributed by atoms with Gasteiger partial charge >= 0.3 is 0 Å². The number of aromatic nitrogens is 2. The van der Waals surface area contributed by atoms with Crippen molar-refractivity contribution in [3.8, 4) is 0 Å². The summed E-state index contributed by atoms with van der Waals surface area (Å²) < 4.78 is 7.66. The molecule has 6 heteroatoms. The predicted octanol–water partition coefficient (Wildman–Crippen LogP) is 1.89. The smallest absolute Gasteiger partial charge is 0.191 e. The molecule has 0 fully saturated rings. The molecule has 0 aliphatic heterocycles. The fourth-order valence-electron chi connectivity index (χ4n) is 1.87. The quantitative estimate of drug-likeness (QED) is 0.372. The molecule has 22 heavy (non-hydrogen) atoms. The zero-order valence-electron chi connectivity index (χ0n) is 14.2. The number of imidazole rings is 1. The lowest BCUT2D eigenvalue weighted by Gasteiger charge is -2.12. The minimum Gasteiger partial charge on any atom is -0.380 e. The lowest BCUT2D eigenvalue weighted by molar-refractivity contribution is 0.128. The zero-order valence-corrected chi connectivity index (χ0v) is 14.2. The first-order valence-corrected chi connectivity index (χ1v) is 8.28. The molecule has 0 saturated heterocycles. The minimum absolute atomic E-state index is 0.697. The summed E-state index contributed by atoms with van der Waals surface area (Å²) in [5.41, 5.74) is 0. The summed E-state index contributed by atoms with van der Waals surface area (Å²) in [6.45, 7) is 11.4. The molecule has 6 nitrogen and oxygen atoms in total. The van der Waals surface area contributed by atoms with Crippen LogP contribution in [0.5, 0.6) is 0 Å². The van der Waals surface area contributed by atoms with Crippen molar-refractivity contribution in [3.63, 3.8) is 0 Å². The molecule has 0 aromatic carbocycles. The van der Waals surface area contributed by atoms with Crippen LogP contribution in [0.1, 0.15) is 33.6 Å². The van der Waals surface area contributed by atoms with Crippen LogP contribution in [0.4, 0.5) is 0 Å². The van der Waals surface area contributed by atoms with Gasteiger partial charge in [0.25, 0.3) is 0 Å². The molecule has 0 radical (unpaired) electrons. The average molecular weight is 309 g/mol. The van der Waals surface area contributed by atoms with E-state index < -0.39 is 0 Å². The summed E-state index contributed by atoms with van der Waals surface area (Å²) in [5, 5.41) is 6.55. The minimum atomic E-state index is 0.697. The van der Waals surface area contributed by atoms with Crippen LogP contribution in [-0.2, 0) is 11.3 Å². The van der Waals surface area contributed by atoms with Gasteiger partial charge in [-0.25, -0.2) is 4.98 Å². The van der Waals surface area contributed by atoms with Gasteiger partial charge in [-0.3, -0.25) is 4.99 Å². The van der Waals surface area contributed by atoms with E-state index in [1.54, 1.807) is 6.20 Å². The van der Waals surface area contributed by atoms with E-state index in [4.69, 9.17) is 4.74 Å². The fourth-order valence-corrected chi connectivity index (χ4v) is 1.87. The van der Waals surface area contributed by atoms with Crippen LogP contribution in [0.3, 0.4) is 0 Å². The summed E-state index contributed by atoms with van der Waals surface area (Å²) in [4.78, 5) is 8.59. The lowest BCUT2D eigenvalue weighted by Crippen LogP contribution is -2.39. The van der Waals surface area contributed by atoms with Gasteiger partial charge in [0, 0.05) is 45.2 Å². The van der Waals surface area contributed by atoms with Crippen LogP contribution >= 0.6 is 0 Å². The molecule has 126 valence electrons. The maximum atomic E-state index is 5.59. The van der Waals surface area contributed by atoms with Crippen LogP contribution in [0, 0.1) is 5.92 Å². The Hall–Kier alpha value is -1.56. The van der Waals surface area contributed by atoms with Gasteiger partial charge in [0.2, 0.25) is 0 Å². The van der Waals surface area contributed by atoms with Crippen molar-refractivity contribution in [2.24, 2.45) is 10.9 Å². The Morgan fingerprint density at radius 2 is 2.18 bits per heavy atom. The lowest BCUT2D eigenvalue weighted by atomic mass is 10.1. The number of rotatable bonds is 11. The highest BCUT2D eigenvalue weighted by Gasteiger charge is 1.98. The van der Waals surface area contributed by atoms with Gasteiger partial charge < -0.3 is 19.9 Å². The average Bonchev–Trinajstić information content (AvgIpc) is 3.00. The number of hydrogen-bond acceptors (Lipinski definition) is 3. The fraction of sp³-hybridized carbons (Fsp3) is 0.750. The zero-order chi connectivity index (χ0) is 16.0. The van der Waals surface area contributed by atoms with Gasteiger partial charge in [0.05, 0.1) is 12.9 Å². The van der Waals surface area contributed by atoms with Gasteiger partial charge in [-0.15, -0.1) is 0 Å². The molecular weight excluding hydrogens is 278 g/mol. The Bertz CT molecular complexity index is 389. The number of nitrogens with zero attached hydrogens (tertiary/aromatic N) is 3. The molecule has 1 heterocycles. The summed E-state index contributed by atoms with van der Waals surface area (Å²) in [6.07, 6.45) is 7.72. The van der Waals surface area contributed by atoms with Gasteiger partial charge in [-0.05, 0) is 25.7 Å². The number of aryl methyl sites for hydroxylation is 1. The Morgan fingerprint density at radius 3 is 2.86 bits per heavy atom. The topological polar surface area (TPSA) is 63.5 Å².